The number of carbonyl (C=O) groups excluding carboxylic acids is 1. The van der Waals surface area contributed by atoms with Gasteiger partial charge in [-0.3, -0.25) is 4.79 Å². The van der Waals surface area contributed by atoms with Crippen LogP contribution in [0.3, 0.4) is 0 Å². The second-order valence-corrected chi connectivity index (χ2v) is 8.21. The van der Waals surface area contributed by atoms with Crippen molar-refractivity contribution in [1.29, 1.82) is 0 Å². The van der Waals surface area contributed by atoms with Gasteiger partial charge in [0.25, 0.3) is 0 Å². The molecule has 1 aromatic heterocycles. The number of halogens is 1. The monoisotopic (exact) mass is 438 g/mol. The predicted octanol–water partition coefficient (Wildman–Crippen LogP) is 5.56. The van der Waals surface area contributed by atoms with Crippen molar-refractivity contribution in [3.8, 4) is 11.5 Å². The first kappa shape index (κ1) is 21.3. The maximum absolute atomic E-state index is 12.1. The van der Waals surface area contributed by atoms with Crippen LogP contribution in [0.5, 0.6) is 11.5 Å². The number of hydrogen-bond acceptors (Lipinski definition) is 4. The van der Waals surface area contributed by atoms with Gasteiger partial charge in [0, 0.05) is 42.8 Å². The van der Waals surface area contributed by atoms with E-state index in [9.17, 15) is 4.79 Å². The molecule has 0 saturated carbocycles. The number of Topliss-reactive ketones (excluding diaryl/α,β-unsaturated/α-hetero) is 1. The van der Waals surface area contributed by atoms with E-state index in [1.807, 2.05) is 48.7 Å². The first-order valence-corrected chi connectivity index (χ1v) is 10.9. The SMILES string of the molecule is COc1cccc2c1c(C(C)=O)cn2CCCN1C=CC(Oc2ccc(Cl)cc2)CC1. The minimum Gasteiger partial charge on any atom is -0.496 e. The minimum atomic E-state index is 0.0546. The summed E-state index contributed by atoms with van der Waals surface area (Å²) in [6, 6.07) is 13.4. The third-order valence-corrected chi connectivity index (χ3v) is 5.88. The van der Waals surface area contributed by atoms with Crippen LogP contribution in [0.1, 0.15) is 30.1 Å². The van der Waals surface area contributed by atoms with E-state index in [0.717, 1.165) is 54.9 Å². The summed E-state index contributed by atoms with van der Waals surface area (Å²) < 4.78 is 13.7. The van der Waals surface area contributed by atoms with E-state index < -0.39 is 0 Å². The molecular formula is C25H27ClN2O3. The molecule has 162 valence electrons. The van der Waals surface area contributed by atoms with E-state index >= 15 is 0 Å². The zero-order valence-corrected chi connectivity index (χ0v) is 18.6. The van der Waals surface area contributed by atoms with Crippen molar-refractivity contribution in [2.45, 2.75) is 32.4 Å². The fraction of sp³-hybridized carbons (Fsp3) is 0.320. The molecule has 0 radical (unpaired) electrons. The molecule has 0 fully saturated rings. The van der Waals surface area contributed by atoms with Gasteiger partial charge in [-0.15, -0.1) is 0 Å². The molecule has 2 heterocycles. The first-order chi connectivity index (χ1) is 15.0. The van der Waals surface area contributed by atoms with E-state index in [1.54, 1.807) is 14.0 Å². The van der Waals surface area contributed by atoms with Crippen LogP contribution in [0.2, 0.25) is 5.02 Å². The summed E-state index contributed by atoms with van der Waals surface area (Å²) in [5, 5.41) is 1.61. The highest BCUT2D eigenvalue weighted by Crippen LogP contribution is 2.31. The number of carbonyl (C=O) groups is 1. The summed E-state index contributed by atoms with van der Waals surface area (Å²) >= 11 is 5.93. The highest BCUT2D eigenvalue weighted by Gasteiger charge is 2.17. The van der Waals surface area contributed by atoms with Gasteiger partial charge in [0.1, 0.15) is 17.6 Å². The number of aryl methyl sites for hydroxylation is 1. The highest BCUT2D eigenvalue weighted by atomic mass is 35.5. The van der Waals surface area contributed by atoms with Crippen molar-refractivity contribution in [2.75, 3.05) is 20.2 Å². The van der Waals surface area contributed by atoms with Crippen molar-refractivity contribution in [3.05, 3.63) is 71.5 Å². The standard InChI is InChI=1S/C25H27ClN2O3/c1-18(29)22-17-28(23-5-3-6-24(30-2)25(22)23)14-4-13-27-15-11-21(12-16-27)31-20-9-7-19(26)8-10-20/h3,5-11,15,17,21H,4,12-14,16H2,1-2H3. The maximum Gasteiger partial charge on any atom is 0.162 e. The molecule has 0 amide bonds. The molecule has 1 atom stereocenters. The molecular weight excluding hydrogens is 412 g/mol. The zero-order valence-electron chi connectivity index (χ0n) is 17.9. The van der Waals surface area contributed by atoms with Crippen molar-refractivity contribution in [1.82, 2.24) is 9.47 Å². The second kappa shape index (κ2) is 9.48. The van der Waals surface area contributed by atoms with Gasteiger partial charge in [0.05, 0.1) is 18.0 Å². The molecule has 1 unspecified atom stereocenters. The lowest BCUT2D eigenvalue weighted by atomic mass is 10.1. The molecule has 0 aliphatic carbocycles. The van der Waals surface area contributed by atoms with Crippen LogP contribution < -0.4 is 9.47 Å². The Labute approximate surface area is 187 Å². The Morgan fingerprint density at radius 1 is 1.16 bits per heavy atom. The molecule has 1 aliphatic rings. The van der Waals surface area contributed by atoms with E-state index in [2.05, 4.69) is 21.7 Å². The Balaban J connectivity index is 1.35. The predicted molar refractivity (Wildman–Crippen MR) is 124 cm³/mol. The maximum atomic E-state index is 12.1. The van der Waals surface area contributed by atoms with Crippen LogP contribution in [-0.4, -0.2) is 41.6 Å². The normalized spacial score (nSPS) is 16.0. The lowest BCUT2D eigenvalue weighted by Crippen LogP contribution is -2.30. The quantitative estimate of drug-likeness (QED) is 0.432. The minimum absolute atomic E-state index is 0.0546. The van der Waals surface area contributed by atoms with Gasteiger partial charge in [-0.25, -0.2) is 0 Å². The molecule has 0 bridgehead atoms. The second-order valence-electron chi connectivity index (χ2n) is 7.78. The number of aromatic nitrogens is 1. The van der Waals surface area contributed by atoms with E-state index in [0.29, 0.717) is 10.6 Å². The summed E-state index contributed by atoms with van der Waals surface area (Å²) in [4.78, 5) is 14.5. The molecule has 4 rings (SSSR count). The van der Waals surface area contributed by atoms with E-state index in [4.69, 9.17) is 21.1 Å². The van der Waals surface area contributed by atoms with Crippen LogP contribution in [0, 0.1) is 0 Å². The van der Waals surface area contributed by atoms with Gasteiger partial charge in [0.15, 0.2) is 5.78 Å². The lowest BCUT2D eigenvalue weighted by Gasteiger charge is -2.28. The first-order valence-electron chi connectivity index (χ1n) is 10.6. The topological polar surface area (TPSA) is 43.7 Å². The summed E-state index contributed by atoms with van der Waals surface area (Å²) in [5.41, 5.74) is 1.75. The molecule has 3 aromatic rings. The van der Waals surface area contributed by atoms with Gasteiger partial charge in [-0.05, 0) is 62.0 Å². The van der Waals surface area contributed by atoms with Gasteiger partial charge in [-0.2, -0.15) is 0 Å². The van der Waals surface area contributed by atoms with Gasteiger partial charge < -0.3 is 18.9 Å². The lowest BCUT2D eigenvalue weighted by molar-refractivity contribution is 0.101. The Kier molecular flexibility index (Phi) is 6.52. The van der Waals surface area contributed by atoms with Crippen LogP contribution in [0.4, 0.5) is 0 Å². The van der Waals surface area contributed by atoms with E-state index in [1.165, 1.54) is 0 Å². The van der Waals surface area contributed by atoms with Crippen molar-refractivity contribution >= 4 is 28.3 Å². The molecule has 6 heteroatoms. The van der Waals surface area contributed by atoms with Crippen molar-refractivity contribution < 1.29 is 14.3 Å². The van der Waals surface area contributed by atoms with Crippen LogP contribution in [-0.2, 0) is 6.54 Å². The van der Waals surface area contributed by atoms with Gasteiger partial charge >= 0.3 is 0 Å². The average Bonchev–Trinajstić information content (AvgIpc) is 3.16. The number of nitrogens with zero attached hydrogens (tertiary/aromatic N) is 2. The molecule has 5 nitrogen and oxygen atoms in total. The zero-order chi connectivity index (χ0) is 21.8. The Bertz CT molecular complexity index is 1090. The largest absolute Gasteiger partial charge is 0.496 e. The van der Waals surface area contributed by atoms with Crippen LogP contribution in [0.25, 0.3) is 10.9 Å². The molecule has 0 N–H and O–H groups in total. The molecule has 1 aliphatic heterocycles. The Hall–Kier alpha value is -2.92. The van der Waals surface area contributed by atoms with Gasteiger partial charge in [-0.1, -0.05) is 17.7 Å². The number of benzene rings is 2. The third-order valence-electron chi connectivity index (χ3n) is 5.62. The number of hydrogen-bond donors (Lipinski definition) is 0. The summed E-state index contributed by atoms with van der Waals surface area (Å²) in [6.45, 7) is 4.34. The number of methoxy groups -OCH3 is 1. The number of fused-ring (bicyclic) bond motifs is 1. The van der Waals surface area contributed by atoms with Crippen LogP contribution >= 0.6 is 11.6 Å². The van der Waals surface area contributed by atoms with Gasteiger partial charge in [0.2, 0.25) is 0 Å². The molecule has 0 spiro atoms. The summed E-state index contributed by atoms with van der Waals surface area (Å²) in [7, 11) is 1.64. The Morgan fingerprint density at radius 3 is 2.65 bits per heavy atom. The summed E-state index contributed by atoms with van der Waals surface area (Å²) in [6.07, 6.45) is 8.20. The molecule has 2 aromatic carbocycles. The number of ether oxygens (including phenoxy) is 2. The molecule has 0 saturated heterocycles. The number of rotatable bonds is 8. The smallest absolute Gasteiger partial charge is 0.162 e. The number of ketones is 1. The van der Waals surface area contributed by atoms with Crippen LogP contribution in [0.15, 0.2) is 60.9 Å². The fourth-order valence-electron chi connectivity index (χ4n) is 4.04. The third kappa shape index (κ3) is 4.88. The summed E-state index contributed by atoms with van der Waals surface area (Å²) in [5.74, 6) is 1.63. The highest BCUT2D eigenvalue weighted by molar-refractivity contribution is 6.30. The fourth-order valence-corrected chi connectivity index (χ4v) is 4.17. The van der Waals surface area contributed by atoms with Crippen molar-refractivity contribution in [2.24, 2.45) is 0 Å². The average molecular weight is 439 g/mol. The van der Waals surface area contributed by atoms with E-state index in [-0.39, 0.29) is 11.9 Å². The molecule has 31 heavy (non-hydrogen) atoms. The van der Waals surface area contributed by atoms with Crippen molar-refractivity contribution in [3.63, 3.8) is 0 Å². The Morgan fingerprint density at radius 2 is 1.97 bits per heavy atom.